The van der Waals surface area contributed by atoms with Crippen LogP contribution in [-0.4, -0.2) is 60.9 Å². The highest BCUT2D eigenvalue weighted by atomic mass is 32.2. The minimum atomic E-state index is -0.728. The van der Waals surface area contributed by atoms with Crippen molar-refractivity contribution in [2.24, 2.45) is 11.3 Å². The van der Waals surface area contributed by atoms with E-state index >= 15 is 0 Å². The van der Waals surface area contributed by atoms with Crippen LogP contribution in [0.25, 0.3) is 0 Å². The maximum atomic E-state index is 12.7. The molecule has 0 radical (unpaired) electrons. The summed E-state index contributed by atoms with van der Waals surface area (Å²) in [6.45, 7) is 9.60. The molecule has 1 aromatic carbocycles. The Morgan fingerprint density at radius 3 is 2.18 bits per heavy atom. The number of methoxy groups -OCH3 is 1. The van der Waals surface area contributed by atoms with Crippen LogP contribution in [0.5, 0.6) is 0 Å². The number of esters is 3. The van der Waals surface area contributed by atoms with Crippen molar-refractivity contribution in [2.45, 2.75) is 58.6 Å². The first-order chi connectivity index (χ1) is 15.6. The Morgan fingerprint density at radius 1 is 1.06 bits per heavy atom. The van der Waals surface area contributed by atoms with Crippen molar-refractivity contribution in [1.29, 1.82) is 0 Å². The van der Waals surface area contributed by atoms with E-state index in [0.29, 0.717) is 30.1 Å². The fourth-order valence-corrected chi connectivity index (χ4v) is 4.41. The van der Waals surface area contributed by atoms with Gasteiger partial charge in [-0.3, -0.25) is 9.59 Å². The molecule has 33 heavy (non-hydrogen) atoms. The molecule has 186 valence electrons. The molecule has 0 amide bonds. The third kappa shape index (κ3) is 8.66. The van der Waals surface area contributed by atoms with Crippen LogP contribution < -0.4 is 0 Å². The van der Waals surface area contributed by atoms with Gasteiger partial charge in [0.1, 0.15) is 18.5 Å². The molecule has 3 atom stereocenters. The van der Waals surface area contributed by atoms with Gasteiger partial charge in [0, 0.05) is 5.75 Å². The SMILES string of the molecule is CCC(C)(C(=O)OC)C(C)CC(SCCO)C(=O)OCCOC(=O)c1ccc(C(C)C)cc1. The van der Waals surface area contributed by atoms with Crippen LogP contribution in [0.15, 0.2) is 24.3 Å². The Balaban J connectivity index is 2.62. The highest BCUT2D eigenvalue weighted by Gasteiger charge is 2.40. The van der Waals surface area contributed by atoms with Gasteiger partial charge in [-0.05, 0) is 49.3 Å². The van der Waals surface area contributed by atoms with Crippen molar-refractivity contribution in [3.63, 3.8) is 0 Å². The number of hydrogen-bond acceptors (Lipinski definition) is 8. The normalized spacial score (nSPS) is 14.8. The first-order valence-corrected chi connectivity index (χ1v) is 12.4. The molecule has 0 aliphatic carbocycles. The smallest absolute Gasteiger partial charge is 0.338 e. The van der Waals surface area contributed by atoms with Crippen LogP contribution in [0, 0.1) is 11.3 Å². The second-order valence-corrected chi connectivity index (χ2v) is 9.87. The zero-order chi connectivity index (χ0) is 25.0. The van der Waals surface area contributed by atoms with Crippen molar-refractivity contribution < 1.29 is 33.7 Å². The van der Waals surface area contributed by atoms with Crippen LogP contribution in [0.2, 0.25) is 0 Å². The lowest BCUT2D eigenvalue weighted by Crippen LogP contribution is -2.38. The van der Waals surface area contributed by atoms with E-state index in [1.165, 1.54) is 18.9 Å². The van der Waals surface area contributed by atoms with E-state index in [1.807, 2.05) is 32.9 Å². The maximum absolute atomic E-state index is 12.7. The second-order valence-electron chi connectivity index (χ2n) is 8.56. The van der Waals surface area contributed by atoms with Gasteiger partial charge in [0.15, 0.2) is 0 Å². The van der Waals surface area contributed by atoms with Crippen molar-refractivity contribution in [2.75, 3.05) is 32.7 Å². The lowest BCUT2D eigenvalue weighted by atomic mass is 9.74. The largest absolute Gasteiger partial charge is 0.469 e. The first-order valence-electron chi connectivity index (χ1n) is 11.3. The van der Waals surface area contributed by atoms with Gasteiger partial charge in [-0.1, -0.05) is 39.8 Å². The molecule has 3 unspecified atom stereocenters. The Labute approximate surface area is 201 Å². The second kappa shape index (κ2) is 14.3. The zero-order valence-corrected chi connectivity index (χ0v) is 21.4. The topological polar surface area (TPSA) is 99.1 Å². The van der Waals surface area contributed by atoms with Crippen molar-refractivity contribution in [3.05, 3.63) is 35.4 Å². The van der Waals surface area contributed by atoms with Gasteiger partial charge in [-0.2, -0.15) is 0 Å². The van der Waals surface area contributed by atoms with Crippen LogP contribution >= 0.6 is 11.8 Å². The first kappa shape index (κ1) is 29.0. The Kier molecular flexibility index (Phi) is 12.5. The van der Waals surface area contributed by atoms with Crippen LogP contribution in [0.1, 0.15) is 69.3 Å². The fraction of sp³-hybridized carbons (Fsp3) is 0.640. The van der Waals surface area contributed by atoms with E-state index in [0.717, 1.165) is 5.56 Å². The van der Waals surface area contributed by atoms with E-state index in [2.05, 4.69) is 13.8 Å². The summed E-state index contributed by atoms with van der Waals surface area (Å²) in [6, 6.07) is 7.23. The molecule has 0 aliphatic heterocycles. The van der Waals surface area contributed by atoms with E-state index in [9.17, 15) is 19.5 Å². The monoisotopic (exact) mass is 482 g/mol. The lowest BCUT2D eigenvalue weighted by Gasteiger charge is -2.33. The van der Waals surface area contributed by atoms with Gasteiger partial charge in [-0.15, -0.1) is 11.8 Å². The standard InChI is InChI=1S/C25H38O7S/c1-7-25(5,24(29)30-6)18(4)16-21(33-15-12-26)23(28)32-14-13-31-22(27)20-10-8-19(9-11-20)17(2)3/h8-11,17-18,21,26H,7,12-16H2,1-6H3. The molecule has 1 aromatic rings. The molecule has 0 saturated carbocycles. The number of aliphatic hydroxyl groups excluding tert-OH is 1. The maximum Gasteiger partial charge on any atom is 0.338 e. The number of hydrogen-bond donors (Lipinski definition) is 1. The summed E-state index contributed by atoms with van der Waals surface area (Å²) in [7, 11) is 1.36. The molecular formula is C25H38O7S. The summed E-state index contributed by atoms with van der Waals surface area (Å²) in [5.41, 5.74) is 0.846. The fourth-order valence-electron chi connectivity index (χ4n) is 3.39. The predicted octanol–water partition coefficient (Wildman–Crippen LogP) is 4.22. The molecule has 0 heterocycles. The van der Waals surface area contributed by atoms with Crippen molar-refractivity contribution in [1.82, 2.24) is 0 Å². The molecule has 0 bridgehead atoms. The molecular weight excluding hydrogens is 444 g/mol. The minimum absolute atomic E-state index is 0.0573. The molecule has 7 nitrogen and oxygen atoms in total. The number of benzene rings is 1. The number of carbonyl (C=O) groups excluding carboxylic acids is 3. The third-order valence-corrected chi connectivity index (χ3v) is 7.29. The van der Waals surface area contributed by atoms with E-state index < -0.39 is 22.6 Å². The average Bonchev–Trinajstić information content (AvgIpc) is 2.82. The zero-order valence-electron chi connectivity index (χ0n) is 20.6. The molecule has 8 heteroatoms. The highest BCUT2D eigenvalue weighted by Crippen LogP contribution is 2.37. The number of carbonyl (C=O) groups is 3. The highest BCUT2D eigenvalue weighted by molar-refractivity contribution is 8.00. The molecule has 0 aliphatic rings. The van der Waals surface area contributed by atoms with Crippen molar-refractivity contribution in [3.8, 4) is 0 Å². The van der Waals surface area contributed by atoms with Gasteiger partial charge in [0.05, 0.1) is 24.7 Å². The van der Waals surface area contributed by atoms with E-state index in [-0.39, 0.29) is 31.7 Å². The summed E-state index contributed by atoms with van der Waals surface area (Å²) in [5.74, 6) is -0.652. The van der Waals surface area contributed by atoms with Crippen LogP contribution in [-0.2, 0) is 23.8 Å². The quantitative estimate of drug-likeness (QED) is 0.239. The predicted molar refractivity (Wildman–Crippen MR) is 129 cm³/mol. The average molecular weight is 483 g/mol. The molecule has 0 aromatic heterocycles. The molecule has 1 N–H and O–H groups in total. The number of ether oxygens (including phenoxy) is 3. The number of aliphatic hydroxyl groups is 1. The lowest BCUT2D eigenvalue weighted by molar-refractivity contribution is -0.156. The molecule has 0 saturated heterocycles. The summed E-state index contributed by atoms with van der Waals surface area (Å²) in [5, 5.41) is 8.64. The van der Waals surface area contributed by atoms with Gasteiger partial charge >= 0.3 is 17.9 Å². The minimum Gasteiger partial charge on any atom is -0.469 e. The Bertz CT molecular complexity index is 763. The van der Waals surface area contributed by atoms with Gasteiger partial charge in [-0.25, -0.2) is 4.79 Å². The van der Waals surface area contributed by atoms with E-state index in [4.69, 9.17) is 14.2 Å². The summed E-state index contributed by atoms with van der Waals surface area (Å²) >= 11 is 1.28. The molecule has 1 rings (SSSR count). The number of thioether (sulfide) groups is 1. The van der Waals surface area contributed by atoms with Gasteiger partial charge in [0.2, 0.25) is 0 Å². The van der Waals surface area contributed by atoms with Crippen LogP contribution in [0.4, 0.5) is 0 Å². The molecule has 0 fully saturated rings. The summed E-state index contributed by atoms with van der Waals surface area (Å²) < 4.78 is 15.5. The Hall–Kier alpha value is -2.06. The Morgan fingerprint density at radius 2 is 1.67 bits per heavy atom. The summed E-state index contributed by atoms with van der Waals surface area (Å²) in [4.78, 5) is 37.1. The van der Waals surface area contributed by atoms with Gasteiger partial charge in [0.25, 0.3) is 0 Å². The summed E-state index contributed by atoms with van der Waals surface area (Å²) in [6.07, 6.45) is 0.965. The van der Waals surface area contributed by atoms with Gasteiger partial charge < -0.3 is 19.3 Å². The van der Waals surface area contributed by atoms with E-state index in [1.54, 1.807) is 12.1 Å². The third-order valence-electron chi connectivity index (χ3n) is 6.09. The molecule has 0 spiro atoms. The number of rotatable bonds is 14. The van der Waals surface area contributed by atoms with Crippen LogP contribution in [0.3, 0.4) is 0 Å². The van der Waals surface area contributed by atoms with Crippen molar-refractivity contribution >= 4 is 29.7 Å².